The van der Waals surface area contributed by atoms with Gasteiger partial charge >= 0.3 is 6.03 Å². The van der Waals surface area contributed by atoms with Crippen molar-refractivity contribution in [2.45, 2.75) is 38.5 Å². The molecular weight excluding hydrogens is 538 g/mol. The van der Waals surface area contributed by atoms with Crippen LogP contribution in [0.3, 0.4) is 0 Å². The van der Waals surface area contributed by atoms with Crippen LogP contribution in [0, 0.1) is 0 Å². The molecule has 6 rings (SSSR count). The molecular formula is C30H35N7O3S. The van der Waals surface area contributed by atoms with E-state index in [0.29, 0.717) is 38.5 Å². The van der Waals surface area contributed by atoms with Crippen molar-refractivity contribution in [1.82, 2.24) is 30.2 Å². The number of benzene rings is 2. The van der Waals surface area contributed by atoms with Crippen LogP contribution >= 0.6 is 11.3 Å². The van der Waals surface area contributed by atoms with Gasteiger partial charge in [-0.15, -0.1) is 16.4 Å². The highest BCUT2D eigenvalue weighted by atomic mass is 32.1. The second-order valence-electron chi connectivity index (χ2n) is 10.3. The van der Waals surface area contributed by atoms with E-state index in [2.05, 4.69) is 39.2 Å². The number of fused-ring (bicyclic) bond motifs is 1. The third-order valence-corrected chi connectivity index (χ3v) is 8.36. The van der Waals surface area contributed by atoms with Crippen molar-refractivity contribution < 1.29 is 14.3 Å². The van der Waals surface area contributed by atoms with Gasteiger partial charge in [-0.2, -0.15) is 0 Å². The molecule has 10 nitrogen and oxygen atoms in total. The molecule has 214 valence electrons. The molecule has 0 radical (unpaired) electrons. The molecule has 2 amide bonds. The number of urea groups is 1. The number of carbonyl (C=O) groups excluding carboxylic acids is 1. The highest BCUT2D eigenvalue weighted by molar-refractivity contribution is 7.13. The smallest absolute Gasteiger partial charge is 0.317 e. The van der Waals surface area contributed by atoms with Crippen molar-refractivity contribution in [3.63, 3.8) is 0 Å². The summed E-state index contributed by atoms with van der Waals surface area (Å²) in [6, 6.07) is 12.5. The number of carbonyl (C=O) groups is 1. The zero-order valence-electron chi connectivity index (χ0n) is 23.1. The average Bonchev–Trinajstić information content (AvgIpc) is 3.80. The molecule has 0 saturated carbocycles. The maximum atomic E-state index is 12.0. The maximum absolute atomic E-state index is 12.0. The first-order valence-electron chi connectivity index (χ1n) is 14.3. The third-order valence-electron chi connectivity index (χ3n) is 7.43. The first-order valence-corrected chi connectivity index (χ1v) is 15.1. The number of hydrogen-bond donors (Lipinski definition) is 2. The van der Waals surface area contributed by atoms with E-state index in [9.17, 15) is 4.79 Å². The quantitative estimate of drug-likeness (QED) is 0.234. The Labute approximate surface area is 243 Å². The summed E-state index contributed by atoms with van der Waals surface area (Å²) in [5.41, 5.74) is 11.9. The number of aromatic nitrogens is 4. The van der Waals surface area contributed by atoms with Crippen molar-refractivity contribution in [2.75, 3.05) is 39.4 Å². The Morgan fingerprint density at radius 2 is 2.05 bits per heavy atom. The Bertz CT molecular complexity index is 1500. The SMILES string of the molecule is NCCCCc1cn(-c2ccc(-c3nc(CCc4ccc5c(c4)OCC5)cs3)c(OCCN3CCNC3=O)c2)nn1. The van der Waals surface area contributed by atoms with Crippen molar-refractivity contribution in [1.29, 1.82) is 0 Å². The number of hydrogen-bond acceptors (Lipinski definition) is 8. The molecule has 41 heavy (non-hydrogen) atoms. The third kappa shape index (κ3) is 6.52. The average molecular weight is 574 g/mol. The van der Waals surface area contributed by atoms with Crippen LogP contribution in [-0.4, -0.2) is 70.3 Å². The molecule has 3 N–H and O–H groups in total. The summed E-state index contributed by atoms with van der Waals surface area (Å²) in [6.07, 6.45) is 7.49. The molecule has 2 aromatic heterocycles. The van der Waals surface area contributed by atoms with Crippen LogP contribution in [0.1, 0.15) is 35.4 Å². The number of nitrogens with zero attached hydrogens (tertiary/aromatic N) is 5. The van der Waals surface area contributed by atoms with E-state index in [1.807, 2.05) is 24.4 Å². The largest absolute Gasteiger partial charge is 0.493 e. The molecule has 1 fully saturated rings. The maximum Gasteiger partial charge on any atom is 0.317 e. The van der Waals surface area contributed by atoms with Crippen LogP contribution in [0.5, 0.6) is 11.5 Å². The molecule has 2 aliphatic rings. The van der Waals surface area contributed by atoms with Crippen LogP contribution in [0.4, 0.5) is 4.79 Å². The lowest BCUT2D eigenvalue weighted by molar-refractivity contribution is 0.203. The van der Waals surface area contributed by atoms with Crippen molar-refractivity contribution in [2.24, 2.45) is 5.73 Å². The van der Waals surface area contributed by atoms with Gasteiger partial charge in [-0.1, -0.05) is 17.3 Å². The van der Waals surface area contributed by atoms with Gasteiger partial charge in [0.1, 0.15) is 23.1 Å². The van der Waals surface area contributed by atoms with Crippen molar-refractivity contribution in [3.8, 4) is 27.8 Å². The summed E-state index contributed by atoms with van der Waals surface area (Å²) in [7, 11) is 0. The topological polar surface area (TPSA) is 120 Å². The first kappa shape index (κ1) is 27.2. The fourth-order valence-corrected chi connectivity index (χ4v) is 6.00. The zero-order chi connectivity index (χ0) is 28.0. The molecule has 2 aliphatic heterocycles. The number of amides is 2. The number of aryl methyl sites for hydroxylation is 3. The second kappa shape index (κ2) is 12.7. The van der Waals surface area contributed by atoms with E-state index in [1.54, 1.807) is 20.9 Å². The normalized spacial score (nSPS) is 14.3. The van der Waals surface area contributed by atoms with Gasteiger partial charge < -0.3 is 25.4 Å². The summed E-state index contributed by atoms with van der Waals surface area (Å²) in [6.45, 7) is 3.70. The molecule has 0 spiro atoms. The van der Waals surface area contributed by atoms with Crippen LogP contribution in [0.2, 0.25) is 0 Å². The summed E-state index contributed by atoms with van der Waals surface area (Å²) >= 11 is 1.61. The molecule has 2 aromatic carbocycles. The molecule has 4 aromatic rings. The van der Waals surface area contributed by atoms with E-state index in [0.717, 1.165) is 78.5 Å². The van der Waals surface area contributed by atoms with Gasteiger partial charge in [0.15, 0.2) is 0 Å². The van der Waals surface area contributed by atoms with Gasteiger partial charge in [0, 0.05) is 31.0 Å². The van der Waals surface area contributed by atoms with Crippen LogP contribution < -0.4 is 20.5 Å². The summed E-state index contributed by atoms with van der Waals surface area (Å²) in [4.78, 5) is 18.7. The Morgan fingerprint density at radius 1 is 1.10 bits per heavy atom. The monoisotopic (exact) mass is 573 g/mol. The highest BCUT2D eigenvalue weighted by Crippen LogP contribution is 2.35. The molecule has 11 heteroatoms. The van der Waals surface area contributed by atoms with Gasteiger partial charge in [-0.25, -0.2) is 14.5 Å². The Morgan fingerprint density at radius 3 is 2.93 bits per heavy atom. The van der Waals surface area contributed by atoms with Crippen molar-refractivity contribution in [3.05, 3.63) is 70.5 Å². The van der Waals surface area contributed by atoms with Gasteiger partial charge in [0.2, 0.25) is 0 Å². The van der Waals surface area contributed by atoms with Gasteiger partial charge in [-0.05, 0) is 68.0 Å². The lowest BCUT2D eigenvalue weighted by Crippen LogP contribution is -2.31. The number of ether oxygens (including phenoxy) is 2. The molecule has 0 aliphatic carbocycles. The Hall–Kier alpha value is -3.96. The fraction of sp³-hybridized carbons (Fsp3) is 0.400. The minimum absolute atomic E-state index is 0.0492. The number of nitrogens with one attached hydrogen (secondary N) is 1. The number of rotatable bonds is 13. The zero-order valence-corrected chi connectivity index (χ0v) is 23.9. The van der Waals surface area contributed by atoms with Crippen LogP contribution in [0.15, 0.2) is 48.0 Å². The predicted octanol–water partition coefficient (Wildman–Crippen LogP) is 3.80. The number of nitrogens with two attached hydrogens (primary N) is 1. The molecule has 0 atom stereocenters. The summed E-state index contributed by atoms with van der Waals surface area (Å²) < 4.78 is 13.8. The van der Waals surface area contributed by atoms with E-state index in [4.69, 9.17) is 20.2 Å². The molecule has 0 bridgehead atoms. The van der Waals surface area contributed by atoms with Gasteiger partial charge in [0.25, 0.3) is 0 Å². The first-order chi connectivity index (χ1) is 20.2. The fourth-order valence-electron chi connectivity index (χ4n) is 5.11. The van der Waals surface area contributed by atoms with E-state index < -0.39 is 0 Å². The standard InChI is InChI=1S/C30H35N7O3S/c31-11-2-1-3-23-19-37(35-34-23)25-8-9-26(28(18-25)40-16-14-36-13-12-32-30(36)38)29-33-24(20-41-29)7-5-21-4-6-22-10-15-39-27(22)17-21/h4,6,8-9,17-20H,1-3,5,7,10-16,31H2,(H,32,38). The second-order valence-corrected chi connectivity index (χ2v) is 11.2. The Kier molecular flexibility index (Phi) is 8.43. The number of unbranched alkanes of at least 4 members (excludes halogenated alkanes) is 1. The van der Waals surface area contributed by atoms with E-state index in [1.165, 1.54) is 11.1 Å². The summed E-state index contributed by atoms with van der Waals surface area (Å²) in [5.74, 6) is 1.73. The highest BCUT2D eigenvalue weighted by Gasteiger charge is 2.20. The Balaban J connectivity index is 1.18. The number of thiazole rings is 1. The summed E-state index contributed by atoms with van der Waals surface area (Å²) in [5, 5.41) is 14.5. The predicted molar refractivity (Wildman–Crippen MR) is 158 cm³/mol. The minimum Gasteiger partial charge on any atom is -0.493 e. The molecule has 1 saturated heterocycles. The molecule has 0 unspecified atom stereocenters. The van der Waals surface area contributed by atoms with Crippen molar-refractivity contribution >= 4 is 17.4 Å². The lowest BCUT2D eigenvalue weighted by Gasteiger charge is -2.16. The minimum atomic E-state index is -0.0492. The van der Waals surface area contributed by atoms with Crippen LogP contribution in [-0.2, 0) is 25.7 Å². The van der Waals surface area contributed by atoms with E-state index >= 15 is 0 Å². The molecule has 4 heterocycles. The van der Waals surface area contributed by atoms with Crippen LogP contribution in [0.25, 0.3) is 16.3 Å². The van der Waals surface area contributed by atoms with Gasteiger partial charge in [-0.3, -0.25) is 0 Å². The van der Waals surface area contributed by atoms with E-state index in [-0.39, 0.29) is 6.03 Å². The van der Waals surface area contributed by atoms with Gasteiger partial charge in [0.05, 0.1) is 42.0 Å². The lowest BCUT2D eigenvalue weighted by atomic mass is 10.1.